The third-order valence-corrected chi connectivity index (χ3v) is 4.92. The summed E-state index contributed by atoms with van der Waals surface area (Å²) >= 11 is 1.36. The largest absolute Gasteiger partial charge is 0.462 e. The number of carbonyl (C=O) groups excluding carboxylic acids is 2. The number of nitrogens with one attached hydrogen (secondary N) is 1. The standard InChI is InChI=1S/C20H23N3O3S/c1-4-26-20(25)18-17(15-9-6-5-7-10-15)14(2)27-19(18)22-16(24)13-23(3)12-8-11-21/h5-7,9-10H,4,8,12-13H2,1-3H3,(H,22,24). The maximum Gasteiger partial charge on any atom is 0.341 e. The molecule has 0 atom stereocenters. The molecule has 1 aromatic heterocycles. The summed E-state index contributed by atoms with van der Waals surface area (Å²) in [6.45, 7) is 4.58. The first kappa shape index (κ1) is 20.6. The molecule has 0 aliphatic heterocycles. The second kappa shape index (κ2) is 9.86. The second-order valence-corrected chi connectivity index (χ2v) is 7.24. The predicted molar refractivity (Wildman–Crippen MR) is 107 cm³/mol. The molecule has 7 heteroatoms. The molecule has 0 saturated carbocycles. The fourth-order valence-corrected chi connectivity index (χ4v) is 3.79. The zero-order valence-corrected chi connectivity index (χ0v) is 16.6. The Kier molecular flexibility index (Phi) is 7.53. The fourth-order valence-electron chi connectivity index (χ4n) is 2.71. The van der Waals surface area contributed by atoms with Crippen molar-refractivity contribution in [2.45, 2.75) is 20.3 Å². The Morgan fingerprint density at radius 1 is 1.30 bits per heavy atom. The van der Waals surface area contributed by atoms with Crippen molar-refractivity contribution < 1.29 is 14.3 Å². The molecule has 2 aromatic rings. The smallest absolute Gasteiger partial charge is 0.341 e. The van der Waals surface area contributed by atoms with Crippen LogP contribution in [-0.2, 0) is 9.53 Å². The Bertz CT molecular complexity index is 840. The topological polar surface area (TPSA) is 82.4 Å². The summed E-state index contributed by atoms with van der Waals surface area (Å²) in [7, 11) is 1.78. The molecule has 0 aliphatic carbocycles. The molecule has 0 saturated heterocycles. The summed E-state index contributed by atoms with van der Waals surface area (Å²) in [5.41, 5.74) is 2.08. The molecule has 142 valence electrons. The lowest BCUT2D eigenvalue weighted by molar-refractivity contribution is -0.117. The number of nitrogens with zero attached hydrogens (tertiary/aromatic N) is 2. The highest BCUT2D eigenvalue weighted by Gasteiger charge is 2.25. The molecular weight excluding hydrogens is 362 g/mol. The first-order valence-corrected chi connectivity index (χ1v) is 9.50. The van der Waals surface area contributed by atoms with E-state index >= 15 is 0 Å². The van der Waals surface area contributed by atoms with Crippen molar-refractivity contribution >= 4 is 28.2 Å². The van der Waals surface area contributed by atoms with Crippen molar-refractivity contribution in [1.82, 2.24) is 4.90 Å². The van der Waals surface area contributed by atoms with Gasteiger partial charge in [0.15, 0.2) is 0 Å². The number of hydrogen-bond acceptors (Lipinski definition) is 6. The number of nitriles is 1. The van der Waals surface area contributed by atoms with E-state index in [4.69, 9.17) is 10.00 Å². The maximum absolute atomic E-state index is 12.6. The average molecular weight is 385 g/mol. The molecule has 6 nitrogen and oxygen atoms in total. The summed E-state index contributed by atoms with van der Waals surface area (Å²) in [6.07, 6.45) is 0.355. The number of likely N-dealkylation sites (N-methyl/N-ethyl adjacent to an activating group) is 1. The molecule has 2 rings (SSSR count). The van der Waals surface area contributed by atoms with Gasteiger partial charge in [0.1, 0.15) is 10.6 Å². The van der Waals surface area contributed by atoms with Gasteiger partial charge in [0.2, 0.25) is 5.91 Å². The first-order chi connectivity index (χ1) is 13.0. The summed E-state index contributed by atoms with van der Waals surface area (Å²) in [6, 6.07) is 11.6. The van der Waals surface area contributed by atoms with Crippen molar-refractivity contribution in [3.63, 3.8) is 0 Å². The van der Waals surface area contributed by atoms with Gasteiger partial charge in [-0.15, -0.1) is 11.3 Å². The molecule has 0 fully saturated rings. The minimum absolute atomic E-state index is 0.140. The predicted octanol–water partition coefficient (Wildman–Crippen LogP) is 3.68. The van der Waals surface area contributed by atoms with Crippen molar-refractivity contribution in [3.05, 3.63) is 40.8 Å². The first-order valence-electron chi connectivity index (χ1n) is 8.69. The summed E-state index contributed by atoms with van der Waals surface area (Å²) < 4.78 is 5.23. The van der Waals surface area contributed by atoms with Gasteiger partial charge in [-0.3, -0.25) is 9.69 Å². The minimum atomic E-state index is -0.450. The van der Waals surface area contributed by atoms with Crippen molar-refractivity contribution in [3.8, 4) is 17.2 Å². The average Bonchev–Trinajstić information content (AvgIpc) is 2.96. The number of amides is 1. The molecular formula is C20H23N3O3S. The normalized spacial score (nSPS) is 10.5. The number of rotatable bonds is 8. The zero-order valence-electron chi connectivity index (χ0n) is 15.7. The van der Waals surface area contributed by atoms with E-state index < -0.39 is 5.97 Å². The summed E-state index contributed by atoms with van der Waals surface area (Å²) in [5.74, 6) is -0.685. The van der Waals surface area contributed by atoms with Crippen LogP contribution in [-0.4, -0.2) is 43.5 Å². The van der Waals surface area contributed by atoms with E-state index in [9.17, 15) is 9.59 Å². The van der Waals surface area contributed by atoms with E-state index in [1.807, 2.05) is 37.3 Å². The Labute approximate surface area is 163 Å². The van der Waals surface area contributed by atoms with Crippen LogP contribution in [0, 0.1) is 18.3 Å². The molecule has 0 spiro atoms. The van der Waals surface area contributed by atoms with E-state index in [1.54, 1.807) is 18.9 Å². The third-order valence-electron chi connectivity index (χ3n) is 3.90. The van der Waals surface area contributed by atoms with Crippen molar-refractivity contribution in [2.75, 3.05) is 32.1 Å². The Morgan fingerprint density at radius 3 is 2.63 bits per heavy atom. The van der Waals surface area contributed by atoms with Gasteiger partial charge in [-0.25, -0.2) is 4.79 Å². The van der Waals surface area contributed by atoms with Crippen LogP contribution in [0.4, 0.5) is 5.00 Å². The van der Waals surface area contributed by atoms with E-state index in [0.717, 1.165) is 16.0 Å². The molecule has 0 bridgehead atoms. The van der Waals surface area contributed by atoms with Crippen molar-refractivity contribution in [1.29, 1.82) is 5.26 Å². The SMILES string of the molecule is CCOC(=O)c1c(NC(=O)CN(C)CCC#N)sc(C)c1-c1ccccc1. The van der Waals surface area contributed by atoms with Gasteiger partial charge in [-0.1, -0.05) is 30.3 Å². The molecule has 1 aromatic carbocycles. The van der Waals surface area contributed by atoms with Crippen LogP contribution in [0.3, 0.4) is 0 Å². The van der Waals surface area contributed by atoms with Crippen LogP contribution in [0.1, 0.15) is 28.6 Å². The Morgan fingerprint density at radius 2 is 2.00 bits per heavy atom. The van der Waals surface area contributed by atoms with Crippen LogP contribution in [0.15, 0.2) is 30.3 Å². The highest BCUT2D eigenvalue weighted by Crippen LogP contribution is 2.40. The molecule has 1 N–H and O–H groups in total. The van der Waals surface area contributed by atoms with Gasteiger partial charge in [-0.2, -0.15) is 5.26 Å². The van der Waals surface area contributed by atoms with Crippen LogP contribution < -0.4 is 5.32 Å². The van der Waals surface area contributed by atoms with E-state index in [2.05, 4.69) is 11.4 Å². The van der Waals surface area contributed by atoms with Crippen LogP contribution in [0.2, 0.25) is 0 Å². The lowest BCUT2D eigenvalue weighted by Crippen LogP contribution is -2.31. The van der Waals surface area contributed by atoms with Gasteiger partial charge >= 0.3 is 5.97 Å². The third kappa shape index (κ3) is 5.39. The molecule has 0 unspecified atom stereocenters. The number of esters is 1. The van der Waals surface area contributed by atoms with Gasteiger partial charge in [0.05, 0.1) is 19.2 Å². The number of hydrogen-bond donors (Lipinski definition) is 1. The second-order valence-electron chi connectivity index (χ2n) is 6.02. The minimum Gasteiger partial charge on any atom is -0.462 e. The van der Waals surface area contributed by atoms with Gasteiger partial charge in [-0.05, 0) is 26.5 Å². The number of aryl methyl sites for hydroxylation is 1. The van der Waals surface area contributed by atoms with Crippen LogP contribution in [0.5, 0.6) is 0 Å². The van der Waals surface area contributed by atoms with Gasteiger partial charge in [0, 0.05) is 23.4 Å². The van der Waals surface area contributed by atoms with E-state index in [-0.39, 0.29) is 19.1 Å². The molecule has 27 heavy (non-hydrogen) atoms. The molecule has 0 radical (unpaired) electrons. The summed E-state index contributed by atoms with van der Waals surface area (Å²) in [5, 5.41) is 12.0. The van der Waals surface area contributed by atoms with E-state index in [0.29, 0.717) is 23.5 Å². The number of thiophene rings is 1. The number of carbonyl (C=O) groups is 2. The molecule has 1 heterocycles. The quantitative estimate of drug-likeness (QED) is 0.701. The van der Waals surface area contributed by atoms with Crippen LogP contribution >= 0.6 is 11.3 Å². The Hall–Kier alpha value is -2.69. The number of ether oxygens (including phenoxy) is 1. The zero-order chi connectivity index (χ0) is 19.8. The van der Waals surface area contributed by atoms with Gasteiger partial charge < -0.3 is 10.1 Å². The lowest BCUT2D eigenvalue weighted by Gasteiger charge is -2.14. The van der Waals surface area contributed by atoms with Gasteiger partial charge in [0.25, 0.3) is 0 Å². The summed E-state index contributed by atoms with van der Waals surface area (Å²) in [4.78, 5) is 27.7. The van der Waals surface area contributed by atoms with Crippen molar-refractivity contribution in [2.24, 2.45) is 0 Å². The highest BCUT2D eigenvalue weighted by atomic mass is 32.1. The Balaban J connectivity index is 2.32. The van der Waals surface area contributed by atoms with E-state index in [1.165, 1.54) is 11.3 Å². The van der Waals surface area contributed by atoms with Crippen LogP contribution in [0.25, 0.3) is 11.1 Å². The number of benzene rings is 1. The monoisotopic (exact) mass is 385 g/mol. The lowest BCUT2D eigenvalue weighted by atomic mass is 10.0. The highest BCUT2D eigenvalue weighted by molar-refractivity contribution is 7.17. The number of anilines is 1. The fraction of sp³-hybridized carbons (Fsp3) is 0.350. The molecule has 0 aliphatic rings. The molecule has 1 amide bonds. The maximum atomic E-state index is 12.6.